The Morgan fingerprint density at radius 1 is 1.35 bits per heavy atom. The van der Waals surface area contributed by atoms with Crippen LogP contribution in [0.1, 0.15) is 33.6 Å². The second-order valence-corrected chi connectivity index (χ2v) is 3.99. The summed E-state index contributed by atoms with van der Waals surface area (Å²) in [5, 5.41) is 6.08. The summed E-state index contributed by atoms with van der Waals surface area (Å²) in [5.41, 5.74) is 1.61. The Morgan fingerprint density at radius 3 is 2.59 bits per heavy atom. The zero-order valence-electron chi connectivity index (χ0n) is 11.5. The first-order valence-electron chi connectivity index (χ1n) is 6.28. The van der Waals surface area contributed by atoms with E-state index in [9.17, 15) is 4.79 Å². The minimum Gasteiger partial charge on any atom is -0.351 e. The summed E-state index contributed by atoms with van der Waals surface area (Å²) in [6.45, 7) is 8.51. The van der Waals surface area contributed by atoms with Gasteiger partial charge in [-0.2, -0.15) is 0 Å². The van der Waals surface area contributed by atoms with Crippen LogP contribution < -0.4 is 10.6 Å². The number of hydrogen-bond acceptors (Lipinski definition) is 3. The molecule has 4 nitrogen and oxygen atoms in total. The van der Waals surface area contributed by atoms with Crippen molar-refractivity contribution in [3.05, 3.63) is 11.6 Å². The van der Waals surface area contributed by atoms with Gasteiger partial charge in [-0.05, 0) is 32.9 Å². The predicted molar refractivity (Wildman–Crippen MR) is 73.6 cm³/mol. The second kappa shape index (κ2) is 10.0. The van der Waals surface area contributed by atoms with Crippen molar-refractivity contribution in [2.45, 2.75) is 33.6 Å². The van der Waals surface area contributed by atoms with Crippen molar-refractivity contribution in [2.75, 3.05) is 26.7 Å². The largest absolute Gasteiger partial charge is 0.351 e. The van der Waals surface area contributed by atoms with Crippen molar-refractivity contribution >= 4 is 11.6 Å². The lowest BCUT2D eigenvalue weighted by Gasteiger charge is -2.06. The zero-order chi connectivity index (χ0) is 13.1. The van der Waals surface area contributed by atoms with Gasteiger partial charge < -0.3 is 10.6 Å². The molecule has 0 aliphatic heterocycles. The Bertz CT molecular complexity index is 282. The van der Waals surface area contributed by atoms with E-state index in [-0.39, 0.29) is 5.91 Å². The first-order valence-corrected chi connectivity index (χ1v) is 6.28. The lowest BCUT2D eigenvalue weighted by atomic mass is 10.2. The van der Waals surface area contributed by atoms with E-state index in [1.54, 1.807) is 7.05 Å². The van der Waals surface area contributed by atoms with Crippen LogP contribution >= 0.6 is 0 Å². The van der Waals surface area contributed by atoms with Gasteiger partial charge in [-0.3, -0.25) is 9.79 Å². The average molecular weight is 239 g/mol. The first kappa shape index (κ1) is 15.8. The third-order valence-electron chi connectivity index (χ3n) is 2.30. The number of aliphatic imine (C=N–C) groups is 1. The van der Waals surface area contributed by atoms with Crippen LogP contribution in [-0.2, 0) is 4.79 Å². The van der Waals surface area contributed by atoms with Crippen LogP contribution in [0, 0.1) is 0 Å². The van der Waals surface area contributed by atoms with Crippen LogP contribution in [0.2, 0.25) is 0 Å². The molecule has 0 atom stereocenters. The summed E-state index contributed by atoms with van der Waals surface area (Å²) in [7, 11) is 1.64. The van der Waals surface area contributed by atoms with E-state index in [4.69, 9.17) is 0 Å². The highest BCUT2D eigenvalue weighted by Crippen LogP contribution is 1.94. The summed E-state index contributed by atoms with van der Waals surface area (Å²) >= 11 is 0. The van der Waals surface area contributed by atoms with Crippen molar-refractivity contribution in [2.24, 2.45) is 4.99 Å². The molecule has 4 heteroatoms. The number of carbonyl (C=O) groups is 1. The smallest absolute Gasteiger partial charge is 0.269 e. The van der Waals surface area contributed by atoms with Gasteiger partial charge in [0.05, 0.1) is 0 Å². The molecule has 0 rings (SSSR count). The number of amides is 1. The lowest BCUT2D eigenvalue weighted by molar-refractivity contribution is -0.114. The molecule has 0 aliphatic carbocycles. The molecule has 0 aromatic rings. The number of nitrogens with one attached hydrogen (secondary N) is 2. The summed E-state index contributed by atoms with van der Waals surface area (Å²) in [6.07, 6.45) is 4.21. The molecule has 17 heavy (non-hydrogen) atoms. The minimum absolute atomic E-state index is 0.108. The lowest BCUT2D eigenvalue weighted by Crippen LogP contribution is -2.30. The predicted octanol–water partition coefficient (Wildman–Crippen LogP) is 1.53. The van der Waals surface area contributed by atoms with E-state index < -0.39 is 0 Å². The number of rotatable bonds is 8. The standard InChI is InChI=1S/C13H25N3O/c1-5-7-8-15-10-11(3)9-12(14-4)13(17)16-6-2/h9,15H,5-8,10H2,1-4H3,(H,16,17)/b11-9+,14-12?. The van der Waals surface area contributed by atoms with E-state index in [0.29, 0.717) is 12.3 Å². The molecule has 0 bridgehead atoms. The van der Waals surface area contributed by atoms with Crippen LogP contribution in [0.3, 0.4) is 0 Å². The number of unbranched alkanes of at least 4 members (excludes halogenated alkanes) is 1. The van der Waals surface area contributed by atoms with Gasteiger partial charge in [-0.1, -0.05) is 18.9 Å². The summed E-state index contributed by atoms with van der Waals surface area (Å²) in [6, 6.07) is 0. The van der Waals surface area contributed by atoms with Crippen molar-refractivity contribution in [3.63, 3.8) is 0 Å². The van der Waals surface area contributed by atoms with Gasteiger partial charge in [0.2, 0.25) is 0 Å². The van der Waals surface area contributed by atoms with E-state index in [0.717, 1.165) is 18.7 Å². The molecule has 2 N–H and O–H groups in total. The van der Waals surface area contributed by atoms with Gasteiger partial charge in [-0.15, -0.1) is 0 Å². The molecule has 1 amide bonds. The van der Waals surface area contributed by atoms with Crippen LogP contribution in [0.4, 0.5) is 0 Å². The molecular weight excluding hydrogens is 214 g/mol. The number of hydrogen-bond donors (Lipinski definition) is 2. The van der Waals surface area contributed by atoms with Crippen molar-refractivity contribution in [1.82, 2.24) is 10.6 Å². The van der Waals surface area contributed by atoms with Gasteiger partial charge in [0.15, 0.2) is 0 Å². The maximum Gasteiger partial charge on any atom is 0.269 e. The summed E-state index contributed by atoms with van der Waals surface area (Å²) in [5.74, 6) is -0.108. The highest BCUT2D eigenvalue weighted by Gasteiger charge is 2.06. The Morgan fingerprint density at radius 2 is 2.06 bits per heavy atom. The summed E-state index contributed by atoms with van der Waals surface area (Å²) < 4.78 is 0. The van der Waals surface area contributed by atoms with E-state index in [1.165, 1.54) is 12.8 Å². The molecule has 0 unspecified atom stereocenters. The van der Waals surface area contributed by atoms with Gasteiger partial charge >= 0.3 is 0 Å². The fourth-order valence-electron chi connectivity index (χ4n) is 1.35. The SMILES string of the molecule is CCCCNC/C(C)=C/C(=NC)C(=O)NCC. The highest BCUT2D eigenvalue weighted by atomic mass is 16.1. The molecule has 0 aromatic heterocycles. The van der Waals surface area contributed by atoms with Gasteiger partial charge in [0, 0.05) is 20.1 Å². The molecular formula is C13H25N3O. The number of carbonyl (C=O) groups excluding carboxylic acids is 1. The van der Waals surface area contributed by atoms with Crippen molar-refractivity contribution in [3.8, 4) is 0 Å². The maximum absolute atomic E-state index is 11.6. The maximum atomic E-state index is 11.6. The zero-order valence-corrected chi connectivity index (χ0v) is 11.5. The van der Waals surface area contributed by atoms with Crippen molar-refractivity contribution in [1.29, 1.82) is 0 Å². The second-order valence-electron chi connectivity index (χ2n) is 3.99. The Balaban J connectivity index is 4.18. The molecule has 0 saturated carbocycles. The van der Waals surface area contributed by atoms with Crippen LogP contribution in [-0.4, -0.2) is 38.3 Å². The van der Waals surface area contributed by atoms with Crippen LogP contribution in [0.5, 0.6) is 0 Å². The Labute approximate surface area is 105 Å². The number of nitrogens with zero attached hydrogens (tertiary/aromatic N) is 1. The third-order valence-corrected chi connectivity index (χ3v) is 2.30. The highest BCUT2D eigenvalue weighted by molar-refractivity contribution is 6.43. The molecule has 0 aromatic carbocycles. The molecule has 0 radical (unpaired) electrons. The molecule has 98 valence electrons. The molecule has 0 aliphatic rings. The Hall–Kier alpha value is -1.16. The van der Waals surface area contributed by atoms with E-state index in [1.807, 2.05) is 19.9 Å². The van der Waals surface area contributed by atoms with Gasteiger partial charge in [0.25, 0.3) is 5.91 Å². The topological polar surface area (TPSA) is 53.5 Å². The fraction of sp³-hybridized carbons (Fsp3) is 0.692. The molecule has 0 fully saturated rings. The van der Waals surface area contributed by atoms with Gasteiger partial charge in [0.1, 0.15) is 5.71 Å². The average Bonchev–Trinajstić information content (AvgIpc) is 2.32. The van der Waals surface area contributed by atoms with Crippen LogP contribution in [0.15, 0.2) is 16.6 Å². The monoisotopic (exact) mass is 239 g/mol. The molecule has 0 heterocycles. The molecule has 0 spiro atoms. The van der Waals surface area contributed by atoms with E-state index >= 15 is 0 Å². The van der Waals surface area contributed by atoms with Gasteiger partial charge in [-0.25, -0.2) is 0 Å². The van der Waals surface area contributed by atoms with Crippen LogP contribution in [0.25, 0.3) is 0 Å². The third kappa shape index (κ3) is 7.69. The summed E-state index contributed by atoms with van der Waals surface area (Å²) in [4.78, 5) is 15.6. The quantitative estimate of drug-likeness (QED) is 0.498. The minimum atomic E-state index is -0.108. The first-order chi connectivity index (χ1) is 8.15. The van der Waals surface area contributed by atoms with Crippen molar-refractivity contribution < 1.29 is 4.79 Å². The molecule has 0 saturated heterocycles. The normalized spacial score (nSPS) is 12.7. The Kier molecular flexibility index (Phi) is 9.34. The fourth-order valence-corrected chi connectivity index (χ4v) is 1.35. The van der Waals surface area contributed by atoms with E-state index in [2.05, 4.69) is 22.5 Å².